The summed E-state index contributed by atoms with van der Waals surface area (Å²) in [4.78, 5) is 4.03. The Morgan fingerprint density at radius 1 is 1.33 bits per heavy atom. The van der Waals surface area contributed by atoms with Gasteiger partial charge in [-0.15, -0.1) is 0 Å². The van der Waals surface area contributed by atoms with Crippen molar-refractivity contribution in [2.24, 2.45) is 13.0 Å². The molecule has 1 aliphatic heterocycles. The molecule has 0 aromatic carbocycles. The van der Waals surface area contributed by atoms with Gasteiger partial charge in [-0.1, -0.05) is 13.8 Å². The Hall–Kier alpha value is -1.60. The molecule has 0 amide bonds. The molecule has 3 heterocycles. The van der Waals surface area contributed by atoms with Crippen molar-refractivity contribution in [2.75, 3.05) is 6.54 Å². The number of sulfonamides is 1. The van der Waals surface area contributed by atoms with E-state index in [-0.39, 0.29) is 17.0 Å². The number of fused-ring (bicyclic) bond motifs is 1. The summed E-state index contributed by atoms with van der Waals surface area (Å²) in [5.41, 5.74) is 1.05. The highest BCUT2D eigenvalue weighted by molar-refractivity contribution is 7.89. The molecule has 7 heteroatoms. The lowest BCUT2D eigenvalue weighted by Gasteiger charge is -2.37. The Balaban J connectivity index is 2.06. The molecule has 0 radical (unpaired) electrons. The van der Waals surface area contributed by atoms with Crippen LogP contribution in [0, 0.1) is 5.92 Å². The summed E-state index contributed by atoms with van der Waals surface area (Å²) in [6, 6.07) is 3.83. The van der Waals surface area contributed by atoms with Gasteiger partial charge in [0.15, 0.2) is 5.03 Å². The zero-order valence-electron chi connectivity index (χ0n) is 12.5. The molecule has 0 fully saturated rings. The Labute approximate surface area is 125 Å². The Morgan fingerprint density at radius 2 is 2.10 bits per heavy atom. The molecule has 0 saturated carbocycles. The first-order valence-electron chi connectivity index (χ1n) is 7.06. The first-order valence-corrected chi connectivity index (χ1v) is 8.50. The summed E-state index contributed by atoms with van der Waals surface area (Å²) in [5, 5.41) is 0.121. The monoisotopic (exact) mass is 308 g/mol. The van der Waals surface area contributed by atoms with Crippen LogP contribution in [0.15, 0.2) is 35.9 Å². The van der Waals surface area contributed by atoms with Crippen molar-refractivity contribution in [3.05, 3.63) is 36.5 Å². The van der Waals surface area contributed by atoms with Gasteiger partial charge >= 0.3 is 0 Å². The van der Waals surface area contributed by atoms with Crippen LogP contribution in [0.4, 0.5) is 0 Å². The fourth-order valence-corrected chi connectivity index (χ4v) is 4.67. The number of nitrogens with zero attached hydrogens (tertiary/aromatic N) is 4. The minimum Gasteiger partial charge on any atom is -0.349 e. The van der Waals surface area contributed by atoms with E-state index in [4.69, 9.17) is 0 Å². The lowest BCUT2D eigenvalue weighted by atomic mass is 9.99. The van der Waals surface area contributed by atoms with E-state index in [9.17, 15) is 8.42 Å². The van der Waals surface area contributed by atoms with Crippen LogP contribution in [0.5, 0.6) is 0 Å². The van der Waals surface area contributed by atoms with E-state index in [0.29, 0.717) is 13.1 Å². The lowest BCUT2D eigenvalue weighted by molar-refractivity contribution is 0.214. The van der Waals surface area contributed by atoms with Crippen LogP contribution in [0.3, 0.4) is 0 Å². The number of aromatic nitrogens is 3. The van der Waals surface area contributed by atoms with Crippen LogP contribution in [0.25, 0.3) is 0 Å². The largest absolute Gasteiger partial charge is 0.349 e. The van der Waals surface area contributed by atoms with Gasteiger partial charge in [0, 0.05) is 38.2 Å². The number of imidazole rings is 1. The molecular weight excluding hydrogens is 288 g/mol. The van der Waals surface area contributed by atoms with E-state index >= 15 is 0 Å². The van der Waals surface area contributed by atoms with Gasteiger partial charge in [0.05, 0.1) is 12.4 Å². The summed E-state index contributed by atoms with van der Waals surface area (Å²) in [6.45, 7) is 5.25. The molecule has 1 aliphatic rings. The topological polar surface area (TPSA) is 60.1 Å². The van der Waals surface area contributed by atoms with Crippen molar-refractivity contribution in [2.45, 2.75) is 31.5 Å². The predicted octanol–water partition coefficient (Wildman–Crippen LogP) is 1.62. The summed E-state index contributed by atoms with van der Waals surface area (Å²) < 4.78 is 31.2. The minimum atomic E-state index is -3.57. The average Bonchev–Trinajstić information content (AvgIpc) is 3.05. The van der Waals surface area contributed by atoms with Crippen LogP contribution in [0.1, 0.15) is 25.6 Å². The van der Waals surface area contributed by atoms with E-state index in [1.54, 1.807) is 22.1 Å². The second-order valence-corrected chi connectivity index (χ2v) is 7.65. The molecule has 0 bridgehead atoms. The molecule has 114 valence electrons. The number of aryl methyl sites for hydroxylation is 1. The van der Waals surface area contributed by atoms with Crippen molar-refractivity contribution < 1.29 is 8.42 Å². The number of rotatable bonds is 3. The van der Waals surface area contributed by atoms with E-state index in [1.165, 1.54) is 6.33 Å². The predicted molar refractivity (Wildman–Crippen MR) is 79.1 cm³/mol. The lowest BCUT2D eigenvalue weighted by Crippen LogP contribution is -2.43. The van der Waals surface area contributed by atoms with E-state index in [0.717, 1.165) is 5.69 Å². The molecule has 2 aromatic heterocycles. The molecule has 0 N–H and O–H groups in total. The van der Waals surface area contributed by atoms with E-state index in [1.807, 2.05) is 32.2 Å². The van der Waals surface area contributed by atoms with Crippen molar-refractivity contribution >= 4 is 10.0 Å². The Morgan fingerprint density at radius 3 is 2.71 bits per heavy atom. The van der Waals surface area contributed by atoms with E-state index in [2.05, 4.69) is 9.55 Å². The first-order chi connectivity index (χ1) is 9.91. The maximum atomic E-state index is 12.9. The maximum Gasteiger partial charge on any atom is 0.262 e. The summed E-state index contributed by atoms with van der Waals surface area (Å²) >= 11 is 0. The molecule has 2 aromatic rings. The van der Waals surface area contributed by atoms with Gasteiger partial charge in [-0.2, -0.15) is 4.31 Å². The zero-order chi connectivity index (χ0) is 15.2. The molecule has 0 saturated heterocycles. The molecule has 3 rings (SSSR count). The number of hydrogen-bond acceptors (Lipinski definition) is 3. The normalized spacial score (nSPS) is 19.9. The van der Waals surface area contributed by atoms with Crippen LogP contribution in [-0.4, -0.2) is 33.4 Å². The van der Waals surface area contributed by atoms with Gasteiger partial charge in [0.1, 0.15) is 0 Å². The third-order valence-electron chi connectivity index (χ3n) is 3.92. The van der Waals surface area contributed by atoms with Crippen molar-refractivity contribution in [1.29, 1.82) is 0 Å². The third-order valence-corrected chi connectivity index (χ3v) is 5.69. The third kappa shape index (κ3) is 2.30. The minimum absolute atomic E-state index is 0.121. The fourth-order valence-electron chi connectivity index (χ4n) is 2.98. The summed E-state index contributed by atoms with van der Waals surface area (Å²) in [5.74, 6) is 0.192. The molecule has 21 heavy (non-hydrogen) atoms. The maximum absolute atomic E-state index is 12.9. The highest BCUT2D eigenvalue weighted by Crippen LogP contribution is 2.35. The van der Waals surface area contributed by atoms with Gasteiger partial charge in [0.25, 0.3) is 10.0 Å². The van der Waals surface area contributed by atoms with Crippen molar-refractivity contribution in [1.82, 2.24) is 18.4 Å². The van der Waals surface area contributed by atoms with Crippen LogP contribution in [0.2, 0.25) is 0 Å². The molecular formula is C14H20N4O2S. The Kier molecular flexibility index (Phi) is 3.41. The molecule has 6 nitrogen and oxygen atoms in total. The molecule has 1 atom stereocenters. The number of hydrogen-bond donors (Lipinski definition) is 0. The van der Waals surface area contributed by atoms with Crippen LogP contribution < -0.4 is 0 Å². The highest BCUT2D eigenvalue weighted by atomic mass is 32.2. The smallest absolute Gasteiger partial charge is 0.262 e. The molecule has 0 unspecified atom stereocenters. The standard InChI is InChI=1S/C14H20N4O2S/c1-11(2)14-12-5-4-6-17(12)7-8-18(14)21(19,20)13-9-16(3)10-15-13/h4-6,9-11,14H,7-8H2,1-3H3/t14-/m0/s1. The second-order valence-electron chi connectivity index (χ2n) is 5.81. The first kappa shape index (κ1) is 14.3. The zero-order valence-corrected chi connectivity index (χ0v) is 13.3. The fraction of sp³-hybridized carbons (Fsp3) is 0.500. The SMILES string of the molecule is CC(C)[C@H]1c2cccn2CCN1S(=O)(=O)c1cn(C)cn1. The van der Waals surface area contributed by atoms with Crippen molar-refractivity contribution in [3.8, 4) is 0 Å². The summed E-state index contributed by atoms with van der Waals surface area (Å²) in [7, 11) is -1.80. The van der Waals surface area contributed by atoms with Gasteiger partial charge in [0.2, 0.25) is 0 Å². The van der Waals surface area contributed by atoms with Gasteiger partial charge in [-0.25, -0.2) is 13.4 Å². The van der Waals surface area contributed by atoms with Gasteiger partial charge < -0.3 is 9.13 Å². The van der Waals surface area contributed by atoms with Crippen LogP contribution >= 0.6 is 0 Å². The second kappa shape index (κ2) is 4.99. The average molecular weight is 308 g/mol. The Bertz CT molecular complexity index is 745. The van der Waals surface area contributed by atoms with Gasteiger partial charge in [-0.3, -0.25) is 0 Å². The van der Waals surface area contributed by atoms with Crippen molar-refractivity contribution in [3.63, 3.8) is 0 Å². The molecule has 0 aliphatic carbocycles. The van der Waals surface area contributed by atoms with E-state index < -0.39 is 10.0 Å². The quantitative estimate of drug-likeness (QED) is 0.866. The highest BCUT2D eigenvalue weighted by Gasteiger charge is 2.39. The molecule has 0 spiro atoms. The van der Waals surface area contributed by atoms with Gasteiger partial charge in [-0.05, 0) is 18.1 Å². The van der Waals surface area contributed by atoms with Crippen LogP contribution in [-0.2, 0) is 23.6 Å². The summed E-state index contributed by atoms with van der Waals surface area (Å²) in [6.07, 6.45) is 5.08.